The minimum absolute atomic E-state index is 0.0269. The van der Waals surface area contributed by atoms with Crippen LogP contribution in [0.15, 0.2) is 54.6 Å². The standard InChI is InChI=1S/C27H25F3N6/c28-27(29,30)21-11-9-20(10-12-21)17-36-23(15-19-5-2-1-3-6-19)35-26-24(36)25(33-22(16-31)34-26)32-14-13-18-7-4-8-18/h1-3,5-6,9-12,18H,4,7-8,13-15,17H2,(H,32,33,34). The van der Waals surface area contributed by atoms with Gasteiger partial charge in [0.15, 0.2) is 11.5 Å². The molecule has 0 atom stereocenters. The summed E-state index contributed by atoms with van der Waals surface area (Å²) in [5.41, 5.74) is 2.08. The van der Waals surface area contributed by atoms with E-state index in [1.165, 1.54) is 31.4 Å². The summed E-state index contributed by atoms with van der Waals surface area (Å²) in [7, 11) is 0. The largest absolute Gasteiger partial charge is 0.416 e. The van der Waals surface area contributed by atoms with Crippen LogP contribution in [-0.2, 0) is 19.1 Å². The monoisotopic (exact) mass is 490 g/mol. The number of halogens is 3. The van der Waals surface area contributed by atoms with Gasteiger partial charge in [0, 0.05) is 19.5 Å². The van der Waals surface area contributed by atoms with Crippen LogP contribution in [0.5, 0.6) is 0 Å². The molecule has 36 heavy (non-hydrogen) atoms. The molecule has 1 aliphatic carbocycles. The molecule has 1 fully saturated rings. The summed E-state index contributed by atoms with van der Waals surface area (Å²) < 4.78 is 41.2. The summed E-state index contributed by atoms with van der Waals surface area (Å²) in [5, 5.41) is 12.9. The van der Waals surface area contributed by atoms with E-state index in [9.17, 15) is 18.4 Å². The number of nitrogens with zero attached hydrogens (tertiary/aromatic N) is 5. The van der Waals surface area contributed by atoms with E-state index in [4.69, 9.17) is 4.98 Å². The molecule has 2 aromatic carbocycles. The predicted molar refractivity (Wildman–Crippen MR) is 130 cm³/mol. The van der Waals surface area contributed by atoms with Crippen LogP contribution in [0, 0.1) is 17.2 Å². The van der Waals surface area contributed by atoms with Crippen molar-refractivity contribution in [2.45, 2.75) is 44.8 Å². The molecule has 5 rings (SSSR count). The van der Waals surface area contributed by atoms with Gasteiger partial charge >= 0.3 is 6.18 Å². The maximum Gasteiger partial charge on any atom is 0.416 e. The fourth-order valence-corrected chi connectivity index (χ4v) is 4.50. The molecule has 9 heteroatoms. The van der Waals surface area contributed by atoms with Crippen molar-refractivity contribution < 1.29 is 13.2 Å². The lowest BCUT2D eigenvalue weighted by Crippen LogP contribution is -2.17. The van der Waals surface area contributed by atoms with Crippen molar-refractivity contribution in [1.82, 2.24) is 19.5 Å². The van der Waals surface area contributed by atoms with Gasteiger partial charge in [-0.05, 0) is 35.6 Å². The Hall–Kier alpha value is -3.93. The van der Waals surface area contributed by atoms with Crippen molar-refractivity contribution in [2.24, 2.45) is 5.92 Å². The molecule has 184 valence electrons. The van der Waals surface area contributed by atoms with Crippen LogP contribution >= 0.6 is 0 Å². The maximum atomic E-state index is 13.1. The van der Waals surface area contributed by atoms with Crippen molar-refractivity contribution >= 4 is 17.0 Å². The maximum absolute atomic E-state index is 13.1. The summed E-state index contributed by atoms with van der Waals surface area (Å²) >= 11 is 0. The lowest BCUT2D eigenvalue weighted by Gasteiger charge is -2.25. The summed E-state index contributed by atoms with van der Waals surface area (Å²) in [6.07, 6.45) is 0.856. The first kappa shape index (κ1) is 23.8. The molecule has 4 aromatic rings. The molecule has 0 bridgehead atoms. The molecule has 0 radical (unpaired) electrons. The van der Waals surface area contributed by atoms with Crippen molar-refractivity contribution in [3.05, 3.63) is 82.9 Å². The van der Waals surface area contributed by atoms with E-state index in [1.54, 1.807) is 0 Å². The number of nitrogens with one attached hydrogen (secondary N) is 1. The Balaban J connectivity index is 1.55. The second kappa shape index (κ2) is 9.97. The van der Waals surface area contributed by atoms with E-state index in [2.05, 4.69) is 15.3 Å². The Labute approximate surface area is 206 Å². The predicted octanol–water partition coefficient (Wildman–Crippen LogP) is 5.96. The minimum Gasteiger partial charge on any atom is -0.368 e. The topological polar surface area (TPSA) is 79.4 Å². The molecule has 1 saturated carbocycles. The molecule has 1 N–H and O–H groups in total. The quantitative estimate of drug-likeness (QED) is 0.330. The second-order valence-corrected chi connectivity index (χ2v) is 9.16. The van der Waals surface area contributed by atoms with Crippen molar-refractivity contribution in [3.8, 4) is 6.07 Å². The van der Waals surface area contributed by atoms with Gasteiger partial charge < -0.3 is 9.88 Å². The summed E-state index contributed by atoms with van der Waals surface area (Å²) in [6.45, 7) is 1.00. The Morgan fingerprint density at radius 3 is 2.36 bits per heavy atom. The molecule has 2 heterocycles. The molecule has 0 amide bonds. The Bertz CT molecular complexity index is 1380. The van der Waals surface area contributed by atoms with Crippen molar-refractivity contribution in [1.29, 1.82) is 5.26 Å². The third kappa shape index (κ3) is 5.18. The molecule has 1 aliphatic rings. The Morgan fingerprint density at radius 1 is 0.972 bits per heavy atom. The van der Waals surface area contributed by atoms with Gasteiger partial charge in [-0.2, -0.15) is 28.4 Å². The molecule has 0 aliphatic heterocycles. The van der Waals surface area contributed by atoms with Gasteiger partial charge in [-0.25, -0.2) is 4.98 Å². The highest BCUT2D eigenvalue weighted by Crippen LogP contribution is 2.31. The fraction of sp³-hybridized carbons (Fsp3) is 0.333. The van der Waals surface area contributed by atoms with Crippen LogP contribution in [0.25, 0.3) is 11.2 Å². The molecule has 0 unspecified atom stereocenters. The average molecular weight is 491 g/mol. The molecule has 0 spiro atoms. The molecular weight excluding hydrogens is 465 g/mol. The van der Waals surface area contributed by atoms with Gasteiger partial charge in [0.05, 0.1) is 5.56 Å². The van der Waals surface area contributed by atoms with Gasteiger partial charge in [0.1, 0.15) is 17.4 Å². The summed E-state index contributed by atoms with van der Waals surface area (Å²) in [5.74, 6) is 1.95. The number of rotatable bonds is 8. The van der Waals surface area contributed by atoms with E-state index >= 15 is 0 Å². The Kier molecular flexibility index (Phi) is 6.59. The third-order valence-electron chi connectivity index (χ3n) is 6.68. The normalized spacial score (nSPS) is 13.9. The lowest BCUT2D eigenvalue weighted by atomic mass is 9.83. The van der Waals surface area contributed by atoms with E-state index in [0.717, 1.165) is 24.1 Å². The number of hydrogen-bond donors (Lipinski definition) is 1. The van der Waals surface area contributed by atoms with Crippen LogP contribution in [-0.4, -0.2) is 26.1 Å². The molecule has 2 aromatic heterocycles. The summed E-state index contributed by atoms with van der Waals surface area (Å²) in [4.78, 5) is 13.5. The van der Waals surface area contributed by atoms with Gasteiger partial charge in [-0.15, -0.1) is 0 Å². The van der Waals surface area contributed by atoms with E-state index in [0.29, 0.717) is 53.8 Å². The van der Waals surface area contributed by atoms with Crippen molar-refractivity contribution in [3.63, 3.8) is 0 Å². The van der Waals surface area contributed by atoms with Crippen LogP contribution < -0.4 is 5.32 Å². The Morgan fingerprint density at radius 2 is 1.72 bits per heavy atom. The number of fused-ring (bicyclic) bond motifs is 1. The van der Waals surface area contributed by atoms with E-state index in [-0.39, 0.29) is 5.82 Å². The first-order chi connectivity index (χ1) is 17.4. The van der Waals surface area contributed by atoms with E-state index in [1.807, 2.05) is 41.0 Å². The van der Waals surface area contributed by atoms with Crippen molar-refractivity contribution in [2.75, 3.05) is 11.9 Å². The number of imidazole rings is 1. The minimum atomic E-state index is -4.39. The zero-order chi connectivity index (χ0) is 25.1. The van der Waals surface area contributed by atoms with Crippen LogP contribution in [0.3, 0.4) is 0 Å². The van der Waals surface area contributed by atoms with Crippen LogP contribution in [0.1, 0.15) is 54.0 Å². The number of nitriles is 1. The highest BCUT2D eigenvalue weighted by atomic mass is 19.4. The van der Waals surface area contributed by atoms with Crippen LogP contribution in [0.2, 0.25) is 0 Å². The fourth-order valence-electron chi connectivity index (χ4n) is 4.50. The first-order valence-corrected chi connectivity index (χ1v) is 12.0. The lowest BCUT2D eigenvalue weighted by molar-refractivity contribution is -0.137. The first-order valence-electron chi connectivity index (χ1n) is 12.0. The van der Waals surface area contributed by atoms with Crippen LogP contribution in [0.4, 0.5) is 19.0 Å². The number of hydrogen-bond acceptors (Lipinski definition) is 5. The smallest absolute Gasteiger partial charge is 0.368 e. The molecule has 6 nitrogen and oxygen atoms in total. The number of anilines is 1. The zero-order valence-corrected chi connectivity index (χ0v) is 19.6. The number of aromatic nitrogens is 4. The molecular formula is C27H25F3N6. The second-order valence-electron chi connectivity index (χ2n) is 9.16. The van der Waals surface area contributed by atoms with E-state index < -0.39 is 11.7 Å². The third-order valence-corrected chi connectivity index (χ3v) is 6.68. The van der Waals surface area contributed by atoms with Gasteiger partial charge in [0.25, 0.3) is 0 Å². The number of benzene rings is 2. The highest BCUT2D eigenvalue weighted by molar-refractivity contribution is 5.84. The molecule has 0 saturated heterocycles. The highest BCUT2D eigenvalue weighted by Gasteiger charge is 2.30. The average Bonchev–Trinajstić information content (AvgIpc) is 3.17. The SMILES string of the molecule is N#Cc1nc(NCCC2CCC2)c2c(n1)nc(Cc1ccccc1)n2Cc1ccc(C(F)(F)F)cc1. The van der Waals surface area contributed by atoms with Gasteiger partial charge in [-0.3, -0.25) is 0 Å². The number of alkyl halides is 3. The summed E-state index contributed by atoms with van der Waals surface area (Å²) in [6, 6.07) is 17.0. The zero-order valence-electron chi connectivity index (χ0n) is 19.6. The van der Waals surface area contributed by atoms with Gasteiger partial charge in [-0.1, -0.05) is 61.7 Å². The van der Waals surface area contributed by atoms with Gasteiger partial charge in [0.2, 0.25) is 5.82 Å².